The van der Waals surface area contributed by atoms with Gasteiger partial charge in [0, 0.05) is 38.0 Å². The Bertz CT molecular complexity index is 496. The van der Waals surface area contributed by atoms with Gasteiger partial charge in [-0.25, -0.2) is 0 Å². The van der Waals surface area contributed by atoms with E-state index in [2.05, 4.69) is 10.6 Å². The lowest BCUT2D eigenvalue weighted by Gasteiger charge is -2.24. The fraction of sp³-hybridized carbons (Fsp3) is 0.842. The van der Waals surface area contributed by atoms with Crippen LogP contribution in [0.25, 0.3) is 0 Å². The van der Waals surface area contributed by atoms with Crippen molar-refractivity contribution in [2.75, 3.05) is 19.6 Å². The molecule has 3 fully saturated rings. The zero-order valence-electron chi connectivity index (χ0n) is 15.1. The first-order valence-corrected chi connectivity index (χ1v) is 10.00. The summed E-state index contributed by atoms with van der Waals surface area (Å²) in [5.41, 5.74) is 0. The number of hydrogen-bond acceptors (Lipinski definition) is 3. The summed E-state index contributed by atoms with van der Waals surface area (Å²) >= 11 is 0. The zero-order valence-corrected chi connectivity index (χ0v) is 15.1. The van der Waals surface area contributed by atoms with Crippen LogP contribution in [0.15, 0.2) is 0 Å². The molecule has 2 aliphatic carbocycles. The molecule has 1 saturated heterocycles. The molecule has 3 amide bonds. The first-order valence-electron chi connectivity index (χ1n) is 10.00. The summed E-state index contributed by atoms with van der Waals surface area (Å²) in [7, 11) is 0. The molecule has 3 aliphatic rings. The molecule has 6 nitrogen and oxygen atoms in total. The quantitative estimate of drug-likeness (QED) is 0.715. The van der Waals surface area contributed by atoms with E-state index in [0.29, 0.717) is 32.1 Å². The molecule has 2 N–H and O–H groups in total. The summed E-state index contributed by atoms with van der Waals surface area (Å²) in [5, 5.41) is 5.81. The molecular weight excluding hydrogens is 318 g/mol. The van der Waals surface area contributed by atoms with Crippen molar-refractivity contribution >= 4 is 17.7 Å². The van der Waals surface area contributed by atoms with E-state index in [0.717, 1.165) is 38.5 Å². The molecule has 1 heterocycles. The van der Waals surface area contributed by atoms with Crippen LogP contribution in [0.3, 0.4) is 0 Å². The van der Waals surface area contributed by atoms with E-state index in [1.807, 2.05) is 4.90 Å². The third kappa shape index (κ3) is 4.73. The van der Waals surface area contributed by atoms with Crippen molar-refractivity contribution in [1.82, 2.24) is 15.5 Å². The van der Waals surface area contributed by atoms with Crippen LogP contribution >= 0.6 is 0 Å². The zero-order chi connectivity index (χ0) is 17.6. The first-order chi connectivity index (χ1) is 12.1. The van der Waals surface area contributed by atoms with Crippen molar-refractivity contribution in [3.63, 3.8) is 0 Å². The molecule has 0 spiro atoms. The van der Waals surface area contributed by atoms with E-state index in [-0.39, 0.29) is 29.6 Å². The predicted octanol–water partition coefficient (Wildman–Crippen LogP) is 1.59. The summed E-state index contributed by atoms with van der Waals surface area (Å²) in [5.74, 6) is 0.106. The number of nitrogens with zero attached hydrogens (tertiary/aromatic N) is 1. The molecule has 1 unspecified atom stereocenters. The van der Waals surface area contributed by atoms with Gasteiger partial charge in [0.15, 0.2) is 0 Å². The topological polar surface area (TPSA) is 78.5 Å². The lowest BCUT2D eigenvalue weighted by Crippen LogP contribution is -2.41. The number of likely N-dealkylation sites (tertiary alicyclic amines) is 1. The van der Waals surface area contributed by atoms with E-state index in [9.17, 15) is 14.4 Å². The Morgan fingerprint density at radius 3 is 2.04 bits per heavy atom. The van der Waals surface area contributed by atoms with Crippen LogP contribution in [-0.4, -0.2) is 48.3 Å². The van der Waals surface area contributed by atoms with Gasteiger partial charge < -0.3 is 15.5 Å². The molecule has 0 aromatic rings. The van der Waals surface area contributed by atoms with E-state index < -0.39 is 0 Å². The molecule has 25 heavy (non-hydrogen) atoms. The van der Waals surface area contributed by atoms with Crippen LogP contribution in [0, 0.1) is 11.8 Å². The number of rotatable bonds is 6. The molecular formula is C19H31N3O3. The fourth-order valence-electron chi connectivity index (χ4n) is 4.50. The summed E-state index contributed by atoms with van der Waals surface area (Å²) in [6.07, 6.45) is 10.3. The number of carbonyl (C=O) groups is 3. The van der Waals surface area contributed by atoms with Crippen LogP contribution in [0.4, 0.5) is 0 Å². The van der Waals surface area contributed by atoms with E-state index >= 15 is 0 Å². The Morgan fingerprint density at radius 1 is 0.840 bits per heavy atom. The lowest BCUT2D eigenvalue weighted by atomic mass is 9.89. The average molecular weight is 349 g/mol. The third-order valence-corrected chi connectivity index (χ3v) is 5.99. The van der Waals surface area contributed by atoms with Crippen LogP contribution in [-0.2, 0) is 14.4 Å². The Balaban J connectivity index is 1.34. The molecule has 2 saturated carbocycles. The molecule has 0 bridgehead atoms. The normalized spacial score (nSPS) is 25.4. The maximum atomic E-state index is 12.3. The van der Waals surface area contributed by atoms with Gasteiger partial charge in [-0.05, 0) is 25.7 Å². The minimum atomic E-state index is -0.234. The second kappa shape index (κ2) is 8.68. The molecule has 1 aliphatic heterocycles. The minimum absolute atomic E-state index is 0.0548. The van der Waals surface area contributed by atoms with Crippen LogP contribution in [0.2, 0.25) is 0 Å². The average Bonchev–Trinajstić information content (AvgIpc) is 3.28. The van der Waals surface area contributed by atoms with Crippen molar-refractivity contribution in [3.8, 4) is 0 Å². The van der Waals surface area contributed by atoms with Gasteiger partial charge in [0.1, 0.15) is 0 Å². The molecule has 3 rings (SSSR count). The number of hydrogen-bond donors (Lipinski definition) is 2. The van der Waals surface area contributed by atoms with Crippen molar-refractivity contribution < 1.29 is 14.4 Å². The third-order valence-electron chi connectivity index (χ3n) is 5.99. The second-order valence-corrected chi connectivity index (χ2v) is 7.80. The highest BCUT2D eigenvalue weighted by molar-refractivity contribution is 5.89. The summed E-state index contributed by atoms with van der Waals surface area (Å²) < 4.78 is 0. The molecule has 0 aromatic heterocycles. The van der Waals surface area contributed by atoms with Crippen molar-refractivity contribution in [3.05, 3.63) is 0 Å². The molecule has 0 aromatic carbocycles. The van der Waals surface area contributed by atoms with Crippen LogP contribution in [0.5, 0.6) is 0 Å². The summed E-state index contributed by atoms with van der Waals surface area (Å²) in [6, 6.07) is 0.347. The number of nitrogens with one attached hydrogen (secondary N) is 2. The smallest absolute Gasteiger partial charge is 0.225 e. The van der Waals surface area contributed by atoms with E-state index in [1.54, 1.807) is 0 Å². The fourth-order valence-corrected chi connectivity index (χ4v) is 4.50. The SMILES string of the molecule is O=C(NCCNC(=O)C1CC(=O)N(C2CCCC2)C1)C1CCCCC1. The monoisotopic (exact) mass is 349 g/mol. The summed E-state index contributed by atoms with van der Waals surface area (Å²) in [4.78, 5) is 38.4. The van der Waals surface area contributed by atoms with Gasteiger partial charge in [0.05, 0.1) is 5.92 Å². The Kier molecular flexibility index (Phi) is 6.32. The highest BCUT2D eigenvalue weighted by Gasteiger charge is 2.38. The highest BCUT2D eigenvalue weighted by atomic mass is 16.2. The Labute approximate surface area is 150 Å². The van der Waals surface area contributed by atoms with Gasteiger partial charge in [0.25, 0.3) is 0 Å². The predicted molar refractivity (Wildman–Crippen MR) is 94.7 cm³/mol. The molecule has 140 valence electrons. The maximum absolute atomic E-state index is 12.3. The Hall–Kier alpha value is -1.59. The largest absolute Gasteiger partial charge is 0.354 e. The van der Waals surface area contributed by atoms with Crippen LogP contribution in [0.1, 0.15) is 64.2 Å². The lowest BCUT2D eigenvalue weighted by molar-refractivity contribution is -0.130. The van der Waals surface area contributed by atoms with Gasteiger partial charge in [-0.3, -0.25) is 14.4 Å². The second-order valence-electron chi connectivity index (χ2n) is 7.80. The van der Waals surface area contributed by atoms with E-state index in [1.165, 1.54) is 19.3 Å². The van der Waals surface area contributed by atoms with Crippen molar-refractivity contribution in [2.24, 2.45) is 11.8 Å². The minimum Gasteiger partial charge on any atom is -0.354 e. The Morgan fingerprint density at radius 2 is 1.40 bits per heavy atom. The van der Waals surface area contributed by atoms with Gasteiger partial charge in [0.2, 0.25) is 17.7 Å². The molecule has 6 heteroatoms. The number of amides is 3. The standard InChI is InChI=1S/C19H31N3O3/c23-17-12-15(13-22(17)16-8-4-5-9-16)19(25)21-11-10-20-18(24)14-6-2-1-3-7-14/h14-16H,1-13H2,(H,20,24)(H,21,25). The maximum Gasteiger partial charge on any atom is 0.225 e. The van der Waals surface area contributed by atoms with Crippen molar-refractivity contribution in [2.45, 2.75) is 70.3 Å². The number of carbonyl (C=O) groups excluding carboxylic acids is 3. The van der Waals surface area contributed by atoms with Gasteiger partial charge in [-0.1, -0.05) is 32.1 Å². The first kappa shape index (κ1) is 18.2. The van der Waals surface area contributed by atoms with E-state index in [4.69, 9.17) is 0 Å². The molecule has 1 atom stereocenters. The van der Waals surface area contributed by atoms with Gasteiger partial charge >= 0.3 is 0 Å². The summed E-state index contributed by atoms with van der Waals surface area (Å²) in [6.45, 7) is 1.46. The van der Waals surface area contributed by atoms with Gasteiger partial charge in [-0.15, -0.1) is 0 Å². The molecule has 0 radical (unpaired) electrons. The highest BCUT2D eigenvalue weighted by Crippen LogP contribution is 2.29. The van der Waals surface area contributed by atoms with Gasteiger partial charge in [-0.2, -0.15) is 0 Å². The van der Waals surface area contributed by atoms with Crippen molar-refractivity contribution in [1.29, 1.82) is 0 Å². The van der Waals surface area contributed by atoms with Crippen LogP contribution < -0.4 is 10.6 Å².